The van der Waals surface area contributed by atoms with Gasteiger partial charge < -0.3 is 11.5 Å². The summed E-state index contributed by atoms with van der Waals surface area (Å²) in [5.41, 5.74) is 11.2. The van der Waals surface area contributed by atoms with Gasteiger partial charge in [0, 0.05) is 33.0 Å². The maximum Gasteiger partial charge on any atom is 0.234 e. The molecule has 8 nitrogen and oxygen atoms in total. The van der Waals surface area contributed by atoms with Crippen molar-refractivity contribution >= 4 is 46.7 Å². The number of unbranched alkanes of at least 4 members (excludes halogenated alkanes) is 12. The van der Waals surface area contributed by atoms with Gasteiger partial charge >= 0.3 is 0 Å². The summed E-state index contributed by atoms with van der Waals surface area (Å²) in [6.07, 6.45) is 18.1. The van der Waals surface area contributed by atoms with Crippen LogP contribution < -0.4 is 11.5 Å². The summed E-state index contributed by atoms with van der Waals surface area (Å²) in [5, 5.41) is 0.0309. The molecule has 4 N–H and O–H groups in total. The highest BCUT2D eigenvalue weighted by Crippen LogP contribution is 2.33. The first kappa shape index (κ1) is 36.5. The number of rotatable bonds is 24. The SMILES string of the molecule is CCCCCCCCCC(C(N)=O)C(=O)c1ccc(C(=O)C(CCCCCCCCC)C(N)=O)c2c([C]=O)ccc([C]=O)c12. The number of fused-ring (bicyclic) bond motifs is 1. The number of amides is 2. The van der Waals surface area contributed by atoms with E-state index in [-0.39, 0.29) is 45.9 Å². The Morgan fingerprint density at radius 2 is 0.864 bits per heavy atom. The molecular formula is C36H48N2O6. The average Bonchev–Trinajstić information content (AvgIpc) is 3.01. The fourth-order valence-corrected chi connectivity index (χ4v) is 5.87. The van der Waals surface area contributed by atoms with Crippen molar-refractivity contribution < 1.29 is 28.8 Å². The van der Waals surface area contributed by atoms with Crippen LogP contribution in [0.15, 0.2) is 24.3 Å². The maximum atomic E-state index is 13.8. The van der Waals surface area contributed by atoms with Crippen LogP contribution in [0.1, 0.15) is 148 Å². The van der Waals surface area contributed by atoms with Crippen LogP contribution in [0.5, 0.6) is 0 Å². The Morgan fingerprint density at radius 1 is 0.545 bits per heavy atom. The zero-order valence-corrected chi connectivity index (χ0v) is 26.4. The van der Waals surface area contributed by atoms with E-state index in [0.29, 0.717) is 12.8 Å². The summed E-state index contributed by atoms with van der Waals surface area (Å²) in [5.74, 6) is -5.05. The molecule has 2 aromatic carbocycles. The third kappa shape index (κ3) is 10.2. The molecule has 2 amide bonds. The predicted molar refractivity (Wildman–Crippen MR) is 173 cm³/mol. The van der Waals surface area contributed by atoms with Crippen molar-refractivity contribution in [2.24, 2.45) is 23.3 Å². The number of nitrogens with two attached hydrogens (primary N) is 2. The van der Waals surface area contributed by atoms with Gasteiger partial charge in [-0.05, 0) is 37.1 Å². The van der Waals surface area contributed by atoms with Crippen molar-refractivity contribution in [2.75, 3.05) is 0 Å². The second kappa shape index (κ2) is 19.6. The minimum absolute atomic E-state index is 0.0125. The van der Waals surface area contributed by atoms with Gasteiger partial charge in [0.25, 0.3) is 0 Å². The van der Waals surface area contributed by atoms with Crippen LogP contribution in [0.2, 0.25) is 0 Å². The predicted octanol–water partition coefficient (Wildman–Crippen LogP) is 6.61. The molecule has 2 unspecified atom stereocenters. The van der Waals surface area contributed by atoms with E-state index < -0.39 is 35.2 Å². The summed E-state index contributed by atoms with van der Waals surface area (Å²) in [4.78, 5) is 76.5. The summed E-state index contributed by atoms with van der Waals surface area (Å²) in [7, 11) is 0. The van der Waals surface area contributed by atoms with Crippen LogP contribution in [-0.2, 0) is 19.2 Å². The van der Waals surface area contributed by atoms with Crippen LogP contribution in [0.3, 0.4) is 0 Å². The van der Waals surface area contributed by atoms with Crippen molar-refractivity contribution in [3.63, 3.8) is 0 Å². The van der Waals surface area contributed by atoms with Gasteiger partial charge in [0.2, 0.25) is 24.4 Å². The highest BCUT2D eigenvalue weighted by molar-refractivity contribution is 6.25. The largest absolute Gasteiger partial charge is 0.369 e. The van der Waals surface area contributed by atoms with Gasteiger partial charge in [0.15, 0.2) is 11.6 Å². The first-order valence-corrected chi connectivity index (χ1v) is 16.3. The number of benzene rings is 2. The van der Waals surface area contributed by atoms with Gasteiger partial charge in [-0.3, -0.25) is 28.8 Å². The quantitative estimate of drug-likeness (QED) is 0.0781. The standard InChI is InChI=1S/C36H48N2O6/c1-3-5-7-9-11-13-15-17-29(35(37)43)33(41)27-21-22-28(32-26(24-40)20-19-25(23-39)31(27)32)34(42)30(36(38)44)18-16-14-12-10-8-6-4-2/h19-22,29-30H,3-18H2,1-2H3,(H2,37,43)(H2,38,44). The average molecular weight is 605 g/mol. The lowest BCUT2D eigenvalue weighted by Gasteiger charge is -2.19. The Labute approximate surface area is 261 Å². The number of ketones is 2. The lowest BCUT2D eigenvalue weighted by molar-refractivity contribution is -0.121. The van der Waals surface area contributed by atoms with Gasteiger partial charge in [-0.2, -0.15) is 0 Å². The third-order valence-corrected chi connectivity index (χ3v) is 8.42. The molecule has 0 heterocycles. The molecule has 44 heavy (non-hydrogen) atoms. The summed E-state index contributed by atoms with van der Waals surface area (Å²) in [6, 6.07) is 5.36. The van der Waals surface area contributed by atoms with Crippen LogP contribution in [0, 0.1) is 11.8 Å². The molecule has 2 radical (unpaired) electrons. The van der Waals surface area contributed by atoms with E-state index in [1.165, 1.54) is 37.1 Å². The molecule has 0 aliphatic carbocycles. The fraction of sp³-hybridized carbons (Fsp3) is 0.556. The monoisotopic (exact) mass is 604 g/mol. The Hall–Kier alpha value is -3.68. The summed E-state index contributed by atoms with van der Waals surface area (Å²) in [6.45, 7) is 4.29. The van der Waals surface area contributed by atoms with Crippen molar-refractivity contribution in [3.8, 4) is 0 Å². The molecule has 0 saturated carbocycles. The third-order valence-electron chi connectivity index (χ3n) is 8.42. The molecule has 2 atom stereocenters. The molecule has 0 bridgehead atoms. The van der Waals surface area contributed by atoms with E-state index in [9.17, 15) is 28.8 Å². The highest BCUT2D eigenvalue weighted by Gasteiger charge is 2.32. The summed E-state index contributed by atoms with van der Waals surface area (Å²) < 4.78 is 0. The van der Waals surface area contributed by atoms with E-state index in [4.69, 9.17) is 11.5 Å². The smallest absolute Gasteiger partial charge is 0.234 e. The summed E-state index contributed by atoms with van der Waals surface area (Å²) >= 11 is 0. The minimum atomic E-state index is -1.14. The van der Waals surface area contributed by atoms with Crippen molar-refractivity contribution in [1.29, 1.82) is 0 Å². The van der Waals surface area contributed by atoms with Gasteiger partial charge in [-0.25, -0.2) is 0 Å². The number of primary amides is 2. The second-order valence-electron chi connectivity index (χ2n) is 11.7. The zero-order chi connectivity index (χ0) is 32.5. The molecule has 8 heteroatoms. The van der Waals surface area contributed by atoms with Gasteiger partial charge in [-0.15, -0.1) is 0 Å². The normalized spacial score (nSPS) is 12.5. The zero-order valence-electron chi connectivity index (χ0n) is 26.4. The van der Waals surface area contributed by atoms with E-state index >= 15 is 0 Å². The number of carbonyl (C=O) groups is 4. The number of carbonyl (C=O) groups excluding carboxylic acids is 6. The molecule has 0 spiro atoms. The molecule has 0 fully saturated rings. The molecule has 2 aromatic rings. The molecule has 0 aliphatic heterocycles. The molecule has 0 aromatic heterocycles. The lowest BCUT2D eigenvalue weighted by atomic mass is 9.82. The molecule has 2 rings (SSSR count). The Kier molecular flexibility index (Phi) is 16.2. The number of hydrogen-bond acceptors (Lipinski definition) is 6. The molecule has 238 valence electrons. The lowest BCUT2D eigenvalue weighted by Crippen LogP contribution is -2.32. The second-order valence-corrected chi connectivity index (χ2v) is 11.7. The molecule has 0 saturated heterocycles. The maximum absolute atomic E-state index is 13.8. The molecular weight excluding hydrogens is 556 g/mol. The van der Waals surface area contributed by atoms with Crippen molar-refractivity contribution in [3.05, 3.63) is 46.5 Å². The first-order valence-electron chi connectivity index (χ1n) is 16.3. The minimum Gasteiger partial charge on any atom is -0.369 e. The van der Waals surface area contributed by atoms with E-state index in [1.807, 2.05) is 0 Å². The van der Waals surface area contributed by atoms with Crippen LogP contribution in [-0.4, -0.2) is 36.0 Å². The first-order chi connectivity index (χ1) is 21.2. The van der Waals surface area contributed by atoms with Gasteiger partial charge in [0.05, 0.1) is 0 Å². The molecule has 0 aliphatic rings. The van der Waals surface area contributed by atoms with E-state index in [1.54, 1.807) is 12.6 Å². The van der Waals surface area contributed by atoms with E-state index in [2.05, 4.69) is 13.8 Å². The van der Waals surface area contributed by atoms with Gasteiger partial charge in [0.1, 0.15) is 11.8 Å². The topological polar surface area (TPSA) is 154 Å². The van der Waals surface area contributed by atoms with Crippen LogP contribution in [0.25, 0.3) is 10.8 Å². The van der Waals surface area contributed by atoms with E-state index in [0.717, 1.165) is 64.2 Å². The number of Topliss-reactive ketones (excluding diaryl/α,β-unsaturated/α-hetero) is 2. The van der Waals surface area contributed by atoms with Gasteiger partial charge in [-0.1, -0.05) is 104 Å². The fourth-order valence-electron chi connectivity index (χ4n) is 5.87. The Morgan fingerprint density at radius 3 is 1.16 bits per heavy atom. The van der Waals surface area contributed by atoms with Crippen molar-refractivity contribution in [1.82, 2.24) is 0 Å². The Balaban J connectivity index is 2.43. The Bertz CT molecular complexity index is 1200. The van der Waals surface area contributed by atoms with Crippen molar-refractivity contribution in [2.45, 2.75) is 117 Å². The van der Waals surface area contributed by atoms with Crippen LogP contribution >= 0.6 is 0 Å². The highest BCUT2D eigenvalue weighted by atomic mass is 16.2. The number of hydrogen-bond donors (Lipinski definition) is 2. The van der Waals surface area contributed by atoms with Crippen LogP contribution in [0.4, 0.5) is 0 Å².